The summed E-state index contributed by atoms with van der Waals surface area (Å²) in [6.07, 6.45) is 0.805. The van der Waals surface area contributed by atoms with Gasteiger partial charge in [0.2, 0.25) is 0 Å². The van der Waals surface area contributed by atoms with Gasteiger partial charge in [0.05, 0.1) is 17.2 Å². The number of sulfonamides is 1. The molecule has 0 aliphatic heterocycles. The standard InChI is InChI=1S/C18H22N2O4S/c1-3-12-19-18(21)14-8-7-9-15(13-14)25(22,23)20-16-10-5-6-11-17(16)24-4-2/h5-11,13,20H,3-4,12H2,1-2H3,(H,19,21). The highest BCUT2D eigenvalue weighted by Crippen LogP contribution is 2.26. The molecule has 0 atom stereocenters. The second kappa shape index (κ2) is 8.53. The van der Waals surface area contributed by atoms with Crippen molar-refractivity contribution in [2.24, 2.45) is 0 Å². The highest BCUT2D eigenvalue weighted by atomic mass is 32.2. The Morgan fingerprint density at radius 2 is 1.84 bits per heavy atom. The van der Waals surface area contributed by atoms with E-state index in [1.165, 1.54) is 12.1 Å². The number of nitrogens with one attached hydrogen (secondary N) is 2. The maximum absolute atomic E-state index is 12.6. The molecular formula is C18H22N2O4S. The minimum absolute atomic E-state index is 0.0166. The van der Waals surface area contributed by atoms with Crippen molar-refractivity contribution in [3.8, 4) is 5.75 Å². The van der Waals surface area contributed by atoms with Crippen LogP contribution in [0, 0.1) is 0 Å². The first-order chi connectivity index (χ1) is 12.0. The molecule has 25 heavy (non-hydrogen) atoms. The van der Waals surface area contributed by atoms with Crippen LogP contribution in [0.25, 0.3) is 0 Å². The van der Waals surface area contributed by atoms with Crippen LogP contribution in [0.5, 0.6) is 5.75 Å². The van der Waals surface area contributed by atoms with Crippen LogP contribution in [0.2, 0.25) is 0 Å². The van der Waals surface area contributed by atoms with Crippen LogP contribution in [0.4, 0.5) is 5.69 Å². The van der Waals surface area contributed by atoms with Gasteiger partial charge in [-0.3, -0.25) is 9.52 Å². The summed E-state index contributed by atoms with van der Waals surface area (Å²) in [6.45, 7) is 4.73. The molecule has 0 fully saturated rings. The van der Waals surface area contributed by atoms with E-state index in [9.17, 15) is 13.2 Å². The Bertz CT molecular complexity index is 834. The quantitative estimate of drug-likeness (QED) is 0.756. The third-order valence-corrected chi connectivity index (χ3v) is 4.74. The Morgan fingerprint density at radius 3 is 2.56 bits per heavy atom. The predicted molar refractivity (Wildman–Crippen MR) is 97.5 cm³/mol. The van der Waals surface area contributed by atoms with E-state index in [0.717, 1.165) is 6.42 Å². The third kappa shape index (κ3) is 4.96. The number of para-hydroxylation sites is 2. The van der Waals surface area contributed by atoms with Crippen LogP contribution in [-0.2, 0) is 10.0 Å². The maximum atomic E-state index is 12.6. The number of carbonyl (C=O) groups excluding carboxylic acids is 1. The van der Waals surface area contributed by atoms with E-state index in [1.54, 1.807) is 36.4 Å². The van der Waals surface area contributed by atoms with E-state index < -0.39 is 10.0 Å². The third-order valence-electron chi connectivity index (χ3n) is 3.37. The summed E-state index contributed by atoms with van der Waals surface area (Å²) < 4.78 is 33.2. The van der Waals surface area contributed by atoms with Crippen molar-refractivity contribution in [1.29, 1.82) is 0 Å². The average molecular weight is 362 g/mol. The number of hydrogen-bond donors (Lipinski definition) is 2. The van der Waals surface area contributed by atoms with Gasteiger partial charge in [0.25, 0.3) is 15.9 Å². The fourth-order valence-electron chi connectivity index (χ4n) is 2.18. The molecule has 0 bridgehead atoms. The van der Waals surface area contributed by atoms with E-state index in [-0.39, 0.29) is 10.8 Å². The summed E-state index contributed by atoms with van der Waals surface area (Å²) in [5.41, 5.74) is 0.652. The molecule has 1 amide bonds. The summed E-state index contributed by atoms with van der Waals surface area (Å²) in [4.78, 5) is 12.1. The zero-order valence-electron chi connectivity index (χ0n) is 14.3. The number of hydrogen-bond acceptors (Lipinski definition) is 4. The molecule has 2 aromatic rings. The van der Waals surface area contributed by atoms with Crippen molar-refractivity contribution >= 4 is 21.6 Å². The number of carbonyl (C=O) groups is 1. The van der Waals surface area contributed by atoms with Gasteiger partial charge < -0.3 is 10.1 Å². The highest BCUT2D eigenvalue weighted by Gasteiger charge is 2.18. The largest absolute Gasteiger partial charge is 0.492 e. The van der Waals surface area contributed by atoms with Gasteiger partial charge in [-0.2, -0.15) is 0 Å². The molecule has 0 heterocycles. The Kier molecular flexibility index (Phi) is 6.41. The average Bonchev–Trinajstić information content (AvgIpc) is 2.61. The monoisotopic (exact) mass is 362 g/mol. The van der Waals surface area contributed by atoms with Crippen molar-refractivity contribution in [3.63, 3.8) is 0 Å². The molecule has 0 saturated carbocycles. The van der Waals surface area contributed by atoms with Crippen LogP contribution in [0.15, 0.2) is 53.4 Å². The summed E-state index contributed by atoms with van der Waals surface area (Å²) in [5.74, 6) is 0.152. The lowest BCUT2D eigenvalue weighted by Crippen LogP contribution is -2.24. The number of amides is 1. The molecule has 0 spiro atoms. The molecule has 7 heteroatoms. The van der Waals surface area contributed by atoms with Crippen LogP contribution in [-0.4, -0.2) is 27.5 Å². The van der Waals surface area contributed by atoms with Gasteiger partial charge in [-0.15, -0.1) is 0 Å². The first kappa shape index (κ1) is 18.8. The number of ether oxygens (including phenoxy) is 1. The molecular weight excluding hydrogens is 340 g/mol. The minimum atomic E-state index is -3.84. The van der Waals surface area contributed by atoms with E-state index in [1.807, 2.05) is 13.8 Å². The fraction of sp³-hybridized carbons (Fsp3) is 0.278. The fourth-order valence-corrected chi connectivity index (χ4v) is 3.30. The SMILES string of the molecule is CCCNC(=O)c1cccc(S(=O)(=O)Nc2ccccc2OCC)c1. The lowest BCUT2D eigenvalue weighted by Gasteiger charge is -2.13. The first-order valence-corrected chi connectivity index (χ1v) is 9.59. The van der Waals surface area contributed by atoms with Gasteiger partial charge in [-0.25, -0.2) is 8.42 Å². The maximum Gasteiger partial charge on any atom is 0.262 e. The van der Waals surface area contributed by atoms with Gasteiger partial charge in [-0.05, 0) is 43.7 Å². The molecule has 0 saturated heterocycles. The van der Waals surface area contributed by atoms with Crippen LogP contribution >= 0.6 is 0 Å². The zero-order valence-corrected chi connectivity index (χ0v) is 15.1. The van der Waals surface area contributed by atoms with Gasteiger partial charge >= 0.3 is 0 Å². The number of rotatable bonds is 8. The molecule has 2 rings (SSSR count). The van der Waals surface area contributed by atoms with Crippen LogP contribution < -0.4 is 14.8 Å². The minimum Gasteiger partial charge on any atom is -0.492 e. The normalized spacial score (nSPS) is 11.0. The lowest BCUT2D eigenvalue weighted by atomic mass is 10.2. The van der Waals surface area contributed by atoms with Gasteiger partial charge in [0, 0.05) is 12.1 Å². The lowest BCUT2D eigenvalue weighted by molar-refractivity contribution is 0.0953. The van der Waals surface area contributed by atoms with Crippen molar-refractivity contribution in [3.05, 3.63) is 54.1 Å². The number of anilines is 1. The second-order valence-corrected chi connectivity index (χ2v) is 7.00. The second-order valence-electron chi connectivity index (χ2n) is 5.32. The molecule has 0 unspecified atom stereocenters. The smallest absolute Gasteiger partial charge is 0.262 e. The number of benzene rings is 2. The van der Waals surface area contributed by atoms with Crippen LogP contribution in [0.3, 0.4) is 0 Å². The summed E-state index contributed by atoms with van der Waals surface area (Å²) >= 11 is 0. The van der Waals surface area contributed by atoms with Crippen molar-refractivity contribution < 1.29 is 17.9 Å². The highest BCUT2D eigenvalue weighted by molar-refractivity contribution is 7.92. The van der Waals surface area contributed by atoms with Crippen LogP contribution in [0.1, 0.15) is 30.6 Å². The molecule has 134 valence electrons. The van der Waals surface area contributed by atoms with E-state index >= 15 is 0 Å². The van der Waals surface area contributed by atoms with Gasteiger partial charge in [0.1, 0.15) is 5.75 Å². The zero-order chi connectivity index (χ0) is 18.3. The topological polar surface area (TPSA) is 84.5 Å². The Balaban J connectivity index is 2.27. The van der Waals surface area contributed by atoms with Gasteiger partial charge in [-0.1, -0.05) is 25.1 Å². The molecule has 0 aliphatic carbocycles. The summed E-state index contributed by atoms with van der Waals surface area (Å²) in [6, 6.07) is 12.7. The van der Waals surface area contributed by atoms with Crippen molar-refractivity contribution in [2.45, 2.75) is 25.2 Å². The Hall–Kier alpha value is -2.54. The molecule has 0 aliphatic rings. The van der Waals surface area contributed by atoms with Crippen molar-refractivity contribution in [1.82, 2.24) is 5.32 Å². The van der Waals surface area contributed by atoms with E-state index in [0.29, 0.717) is 30.2 Å². The molecule has 2 aromatic carbocycles. The Labute approximate surface area is 148 Å². The van der Waals surface area contributed by atoms with E-state index in [4.69, 9.17) is 4.74 Å². The van der Waals surface area contributed by atoms with E-state index in [2.05, 4.69) is 10.0 Å². The molecule has 2 N–H and O–H groups in total. The summed E-state index contributed by atoms with van der Waals surface area (Å²) in [7, 11) is -3.84. The molecule has 6 nitrogen and oxygen atoms in total. The van der Waals surface area contributed by atoms with Crippen molar-refractivity contribution in [2.75, 3.05) is 17.9 Å². The predicted octanol–water partition coefficient (Wildman–Crippen LogP) is 3.03. The molecule has 0 aromatic heterocycles. The first-order valence-electron chi connectivity index (χ1n) is 8.10. The van der Waals surface area contributed by atoms with Gasteiger partial charge in [0.15, 0.2) is 0 Å². The molecule has 0 radical (unpaired) electrons. The Morgan fingerprint density at radius 1 is 1.08 bits per heavy atom. The summed E-state index contributed by atoms with van der Waals surface area (Å²) in [5, 5.41) is 2.73.